The van der Waals surface area contributed by atoms with Crippen LogP contribution in [0.1, 0.15) is 5.56 Å². The first kappa shape index (κ1) is 13.6. The topological polar surface area (TPSA) is 60.0 Å². The molecule has 118 valence electrons. The first-order valence-electron chi connectivity index (χ1n) is 7.54. The predicted molar refractivity (Wildman–Crippen MR) is 92.7 cm³/mol. The molecule has 1 N–H and O–H groups in total. The van der Waals surface area contributed by atoms with Crippen molar-refractivity contribution in [3.05, 3.63) is 47.1 Å². The smallest absolute Gasteiger partial charge is 0.231 e. The average Bonchev–Trinajstić information content (AvgIpc) is 3.17. The zero-order valence-electron chi connectivity index (χ0n) is 12.8. The summed E-state index contributed by atoms with van der Waals surface area (Å²) < 4.78 is 10.8. The number of hydrogen-bond donors (Lipinski definition) is 1. The van der Waals surface area contributed by atoms with Crippen LogP contribution in [0.4, 0.5) is 0 Å². The molecule has 5 nitrogen and oxygen atoms in total. The molecule has 2 aromatic heterocycles. The zero-order chi connectivity index (χ0) is 16.3. The largest absolute Gasteiger partial charge is 0.454 e. The number of ether oxygens (including phenoxy) is 2. The van der Waals surface area contributed by atoms with E-state index in [9.17, 15) is 0 Å². The van der Waals surface area contributed by atoms with Crippen LogP contribution >= 0.6 is 11.6 Å². The molecule has 0 saturated carbocycles. The van der Waals surface area contributed by atoms with Crippen LogP contribution in [0.3, 0.4) is 0 Å². The van der Waals surface area contributed by atoms with Crippen molar-refractivity contribution in [2.75, 3.05) is 6.79 Å². The molecule has 0 aliphatic carbocycles. The molecule has 1 aliphatic heterocycles. The van der Waals surface area contributed by atoms with Gasteiger partial charge in [0.2, 0.25) is 6.79 Å². The summed E-state index contributed by atoms with van der Waals surface area (Å²) in [4.78, 5) is 12.4. The van der Waals surface area contributed by atoms with Crippen LogP contribution in [0.5, 0.6) is 11.5 Å². The number of aryl methyl sites for hydroxylation is 1. The van der Waals surface area contributed by atoms with E-state index in [-0.39, 0.29) is 6.79 Å². The van der Waals surface area contributed by atoms with E-state index in [1.807, 2.05) is 37.3 Å². The van der Waals surface area contributed by atoms with Gasteiger partial charge in [-0.2, -0.15) is 0 Å². The van der Waals surface area contributed by atoms with Crippen LogP contribution in [-0.4, -0.2) is 21.7 Å². The van der Waals surface area contributed by atoms with Gasteiger partial charge in [0.25, 0.3) is 0 Å². The molecule has 0 atom stereocenters. The molecule has 6 heteroatoms. The van der Waals surface area contributed by atoms with E-state index in [4.69, 9.17) is 21.1 Å². The number of hydrogen-bond acceptors (Lipinski definition) is 4. The monoisotopic (exact) mass is 337 g/mol. The minimum Gasteiger partial charge on any atom is -0.454 e. The van der Waals surface area contributed by atoms with Gasteiger partial charge < -0.3 is 14.5 Å². The first-order chi connectivity index (χ1) is 11.7. The number of imidazole rings is 1. The minimum atomic E-state index is 0.231. The van der Waals surface area contributed by atoms with Crippen molar-refractivity contribution in [2.24, 2.45) is 0 Å². The summed E-state index contributed by atoms with van der Waals surface area (Å²) in [5, 5.41) is 1.33. The van der Waals surface area contributed by atoms with Crippen molar-refractivity contribution >= 4 is 33.5 Å². The van der Waals surface area contributed by atoms with Crippen molar-refractivity contribution in [3.63, 3.8) is 0 Å². The van der Waals surface area contributed by atoms with Gasteiger partial charge in [0.05, 0.1) is 22.1 Å². The number of H-pyrrole nitrogens is 1. The summed E-state index contributed by atoms with van der Waals surface area (Å²) in [7, 11) is 0. The third-order valence-corrected chi connectivity index (χ3v) is 4.44. The summed E-state index contributed by atoms with van der Waals surface area (Å²) in [6.07, 6.45) is 0. The maximum atomic E-state index is 6.40. The van der Waals surface area contributed by atoms with Gasteiger partial charge in [-0.3, -0.25) is 0 Å². The van der Waals surface area contributed by atoms with Crippen molar-refractivity contribution in [1.82, 2.24) is 15.0 Å². The molecular weight excluding hydrogens is 326 g/mol. The van der Waals surface area contributed by atoms with Gasteiger partial charge in [0, 0.05) is 11.5 Å². The van der Waals surface area contributed by atoms with Crippen molar-refractivity contribution in [1.29, 1.82) is 0 Å². The lowest BCUT2D eigenvalue weighted by Crippen LogP contribution is -1.92. The van der Waals surface area contributed by atoms with Crippen LogP contribution < -0.4 is 9.47 Å². The Morgan fingerprint density at radius 3 is 2.71 bits per heavy atom. The molecule has 2 aromatic carbocycles. The van der Waals surface area contributed by atoms with Crippen molar-refractivity contribution in [3.8, 4) is 22.9 Å². The Balaban J connectivity index is 1.72. The highest BCUT2D eigenvalue weighted by atomic mass is 35.5. The second-order valence-corrected chi connectivity index (χ2v) is 6.19. The van der Waals surface area contributed by atoms with Gasteiger partial charge in [0.15, 0.2) is 11.5 Å². The predicted octanol–water partition coefficient (Wildman–Crippen LogP) is 4.47. The molecule has 4 aromatic rings. The fourth-order valence-electron chi connectivity index (χ4n) is 2.96. The van der Waals surface area contributed by atoms with E-state index in [2.05, 4.69) is 21.0 Å². The molecule has 0 amide bonds. The number of benzene rings is 2. The highest BCUT2D eigenvalue weighted by Gasteiger charge is 2.17. The molecule has 0 unspecified atom stereocenters. The van der Waals surface area contributed by atoms with Gasteiger partial charge >= 0.3 is 0 Å². The summed E-state index contributed by atoms with van der Waals surface area (Å²) in [5.74, 6) is 2.11. The lowest BCUT2D eigenvalue weighted by atomic mass is 10.1. The Morgan fingerprint density at radius 1 is 1.00 bits per heavy atom. The van der Waals surface area contributed by atoms with E-state index in [1.54, 1.807) is 0 Å². The van der Waals surface area contributed by atoms with Crippen LogP contribution in [-0.2, 0) is 0 Å². The number of fused-ring (bicyclic) bond motifs is 3. The average molecular weight is 338 g/mol. The molecule has 5 rings (SSSR count). The number of pyridine rings is 1. The second kappa shape index (κ2) is 4.85. The van der Waals surface area contributed by atoms with Crippen LogP contribution in [0, 0.1) is 6.92 Å². The fraction of sp³-hybridized carbons (Fsp3) is 0.111. The SMILES string of the molecule is Cc1ccc2nc(-c3cc4cc5c(cc4nc3Cl)OCO5)[nH]c2c1. The van der Waals surface area contributed by atoms with Crippen LogP contribution in [0.25, 0.3) is 33.3 Å². The molecule has 1 aliphatic rings. The van der Waals surface area contributed by atoms with E-state index >= 15 is 0 Å². The summed E-state index contributed by atoms with van der Waals surface area (Å²) in [6, 6.07) is 11.8. The third kappa shape index (κ3) is 2.02. The van der Waals surface area contributed by atoms with Crippen LogP contribution in [0.15, 0.2) is 36.4 Å². The minimum absolute atomic E-state index is 0.231. The molecule has 24 heavy (non-hydrogen) atoms. The number of rotatable bonds is 1. The summed E-state index contributed by atoms with van der Waals surface area (Å²) in [5.41, 5.74) is 4.58. The van der Waals surface area contributed by atoms with Gasteiger partial charge in [-0.25, -0.2) is 9.97 Å². The maximum absolute atomic E-state index is 6.40. The lowest BCUT2D eigenvalue weighted by Gasteiger charge is -2.05. The molecule has 0 fully saturated rings. The highest BCUT2D eigenvalue weighted by Crippen LogP contribution is 2.38. The number of nitrogens with one attached hydrogen (secondary N) is 1. The second-order valence-electron chi connectivity index (χ2n) is 5.83. The number of nitrogens with zero attached hydrogens (tertiary/aromatic N) is 2. The Hall–Kier alpha value is -2.79. The van der Waals surface area contributed by atoms with Crippen molar-refractivity contribution in [2.45, 2.75) is 6.92 Å². The van der Waals surface area contributed by atoms with E-state index in [0.29, 0.717) is 16.7 Å². The first-order valence-corrected chi connectivity index (χ1v) is 7.92. The zero-order valence-corrected chi connectivity index (χ0v) is 13.5. The summed E-state index contributed by atoms with van der Waals surface area (Å²) in [6.45, 7) is 2.28. The highest BCUT2D eigenvalue weighted by molar-refractivity contribution is 6.32. The lowest BCUT2D eigenvalue weighted by molar-refractivity contribution is 0.174. The Kier molecular flexibility index (Phi) is 2.76. The maximum Gasteiger partial charge on any atom is 0.231 e. The normalized spacial score (nSPS) is 13.1. The standard InChI is InChI=1S/C18H12ClN3O2/c1-9-2-3-12-14(4-9)22-18(21-12)11-5-10-6-15-16(24-8-23-15)7-13(10)20-17(11)19/h2-7H,8H2,1H3,(H,21,22). The van der Waals surface area contributed by atoms with Crippen molar-refractivity contribution < 1.29 is 9.47 Å². The molecule has 0 saturated heterocycles. The Morgan fingerprint density at radius 2 is 1.83 bits per heavy atom. The Bertz CT molecular complexity index is 1120. The van der Waals surface area contributed by atoms with Gasteiger partial charge in [-0.1, -0.05) is 17.7 Å². The molecular formula is C18H12ClN3O2. The van der Waals surface area contributed by atoms with Gasteiger partial charge in [-0.05, 0) is 36.8 Å². The van der Waals surface area contributed by atoms with E-state index < -0.39 is 0 Å². The number of aromatic amines is 1. The molecule has 0 spiro atoms. The number of halogens is 1. The van der Waals surface area contributed by atoms with Gasteiger partial charge in [-0.15, -0.1) is 0 Å². The molecule has 0 radical (unpaired) electrons. The van der Waals surface area contributed by atoms with Crippen LogP contribution in [0.2, 0.25) is 5.15 Å². The van der Waals surface area contributed by atoms with E-state index in [1.165, 1.54) is 5.56 Å². The quantitative estimate of drug-likeness (QED) is 0.521. The number of aromatic nitrogens is 3. The Labute approximate surface area is 142 Å². The molecule has 3 heterocycles. The molecule has 0 bridgehead atoms. The third-order valence-electron chi connectivity index (χ3n) is 4.16. The fourth-order valence-corrected chi connectivity index (χ4v) is 3.19. The van der Waals surface area contributed by atoms with E-state index in [0.717, 1.165) is 33.2 Å². The summed E-state index contributed by atoms with van der Waals surface area (Å²) >= 11 is 6.40. The van der Waals surface area contributed by atoms with Gasteiger partial charge in [0.1, 0.15) is 11.0 Å².